The molecule has 6 heteroatoms. The lowest BCUT2D eigenvalue weighted by Crippen LogP contribution is -2.27. The van der Waals surface area contributed by atoms with Crippen molar-refractivity contribution in [2.24, 2.45) is 0 Å². The van der Waals surface area contributed by atoms with Crippen molar-refractivity contribution in [3.8, 4) is 11.3 Å². The zero-order valence-corrected chi connectivity index (χ0v) is 15.3. The Morgan fingerprint density at radius 3 is 2.32 bits per heavy atom. The molecule has 2 heterocycles. The number of nitrogens with one attached hydrogen (secondary N) is 1. The molecule has 1 aromatic heterocycles. The van der Waals surface area contributed by atoms with E-state index in [9.17, 15) is 9.59 Å². The Morgan fingerprint density at radius 1 is 0.893 bits per heavy atom. The Bertz CT molecular complexity index is 981. The van der Waals surface area contributed by atoms with Gasteiger partial charge in [0.15, 0.2) is 0 Å². The second kappa shape index (κ2) is 8.00. The number of likely N-dealkylation sites (tertiary alicyclic amines) is 1. The molecule has 140 valence electrons. The van der Waals surface area contributed by atoms with E-state index in [1.165, 1.54) is 6.20 Å². The number of nitrogens with zero attached hydrogens (tertiary/aromatic N) is 3. The summed E-state index contributed by atoms with van der Waals surface area (Å²) in [5, 5.41) is 2.80. The van der Waals surface area contributed by atoms with Gasteiger partial charge in [0.05, 0.1) is 18.1 Å². The molecule has 2 amide bonds. The van der Waals surface area contributed by atoms with Crippen LogP contribution in [0.1, 0.15) is 33.7 Å². The Labute approximate surface area is 163 Å². The van der Waals surface area contributed by atoms with Gasteiger partial charge in [-0.3, -0.25) is 14.6 Å². The van der Waals surface area contributed by atoms with E-state index in [2.05, 4.69) is 15.3 Å². The van der Waals surface area contributed by atoms with Crippen LogP contribution in [0.4, 0.5) is 5.69 Å². The van der Waals surface area contributed by atoms with Crippen LogP contribution in [-0.4, -0.2) is 39.8 Å². The maximum absolute atomic E-state index is 12.5. The minimum Gasteiger partial charge on any atom is -0.339 e. The molecular formula is C22H20N4O2. The van der Waals surface area contributed by atoms with Gasteiger partial charge in [0.1, 0.15) is 5.69 Å². The monoisotopic (exact) mass is 372 g/mol. The summed E-state index contributed by atoms with van der Waals surface area (Å²) < 4.78 is 0. The number of anilines is 1. The van der Waals surface area contributed by atoms with Crippen LogP contribution in [0.2, 0.25) is 0 Å². The summed E-state index contributed by atoms with van der Waals surface area (Å²) in [5.41, 5.74) is 2.99. The number of carbonyl (C=O) groups excluding carboxylic acids is 2. The molecule has 2 aromatic carbocycles. The number of aromatic nitrogens is 2. The zero-order valence-electron chi connectivity index (χ0n) is 15.3. The summed E-state index contributed by atoms with van der Waals surface area (Å²) in [7, 11) is 0. The van der Waals surface area contributed by atoms with E-state index in [-0.39, 0.29) is 17.5 Å². The highest BCUT2D eigenvalue weighted by Gasteiger charge is 2.19. The first kappa shape index (κ1) is 17.9. The van der Waals surface area contributed by atoms with Crippen molar-refractivity contribution < 1.29 is 9.59 Å². The van der Waals surface area contributed by atoms with Crippen LogP contribution in [0.25, 0.3) is 11.3 Å². The topological polar surface area (TPSA) is 75.2 Å². The molecule has 1 aliphatic rings. The quantitative estimate of drug-likeness (QED) is 0.759. The molecule has 0 atom stereocenters. The number of benzene rings is 2. The van der Waals surface area contributed by atoms with E-state index in [4.69, 9.17) is 0 Å². The van der Waals surface area contributed by atoms with Crippen molar-refractivity contribution in [1.82, 2.24) is 14.9 Å². The van der Waals surface area contributed by atoms with E-state index in [0.29, 0.717) is 16.9 Å². The Hall–Kier alpha value is -3.54. The molecule has 6 nitrogen and oxygen atoms in total. The summed E-state index contributed by atoms with van der Waals surface area (Å²) in [5.74, 6) is -0.257. The molecule has 0 spiro atoms. The fraction of sp³-hybridized carbons (Fsp3) is 0.182. The van der Waals surface area contributed by atoms with Gasteiger partial charge in [-0.1, -0.05) is 30.3 Å². The number of hydrogen-bond acceptors (Lipinski definition) is 4. The molecule has 28 heavy (non-hydrogen) atoms. The lowest BCUT2D eigenvalue weighted by Gasteiger charge is -2.15. The largest absolute Gasteiger partial charge is 0.339 e. The normalized spacial score (nSPS) is 13.4. The molecule has 0 unspecified atom stereocenters. The van der Waals surface area contributed by atoms with E-state index >= 15 is 0 Å². The number of rotatable bonds is 4. The lowest BCUT2D eigenvalue weighted by molar-refractivity contribution is 0.0792. The van der Waals surface area contributed by atoms with Crippen LogP contribution in [0.15, 0.2) is 67.0 Å². The molecule has 3 aromatic rings. The van der Waals surface area contributed by atoms with Gasteiger partial charge in [-0.2, -0.15) is 0 Å². The average molecular weight is 372 g/mol. The minimum absolute atomic E-state index is 0.0612. The smallest absolute Gasteiger partial charge is 0.275 e. The number of amides is 2. The van der Waals surface area contributed by atoms with Gasteiger partial charge in [0.25, 0.3) is 11.8 Å². The molecule has 0 aliphatic carbocycles. The first-order valence-electron chi connectivity index (χ1n) is 9.29. The summed E-state index contributed by atoms with van der Waals surface area (Å²) in [4.78, 5) is 35.3. The van der Waals surface area contributed by atoms with E-state index in [0.717, 1.165) is 31.5 Å². The van der Waals surface area contributed by atoms with Crippen molar-refractivity contribution in [1.29, 1.82) is 0 Å². The summed E-state index contributed by atoms with van der Waals surface area (Å²) in [6.07, 6.45) is 5.18. The van der Waals surface area contributed by atoms with E-state index < -0.39 is 0 Å². The molecule has 0 radical (unpaired) electrons. The molecule has 1 aliphatic heterocycles. The predicted molar refractivity (Wildman–Crippen MR) is 107 cm³/mol. The molecule has 4 rings (SSSR count). The number of para-hydroxylation sites is 1. The highest BCUT2D eigenvalue weighted by atomic mass is 16.2. The maximum Gasteiger partial charge on any atom is 0.275 e. The van der Waals surface area contributed by atoms with Gasteiger partial charge < -0.3 is 10.2 Å². The van der Waals surface area contributed by atoms with Crippen LogP contribution in [0.5, 0.6) is 0 Å². The molecular weight excluding hydrogens is 352 g/mol. The standard InChI is InChI=1S/C22H20N4O2/c27-21(24-18-6-2-1-3-7-18)20-15-23-14-19(25-20)16-8-10-17(11-9-16)22(28)26-12-4-5-13-26/h1-3,6-11,14-15H,4-5,12-13H2,(H,24,27). The summed E-state index contributed by atoms with van der Waals surface area (Å²) in [6.45, 7) is 1.65. The third-order valence-electron chi connectivity index (χ3n) is 4.72. The third kappa shape index (κ3) is 3.91. The highest BCUT2D eigenvalue weighted by molar-refractivity contribution is 6.03. The van der Waals surface area contributed by atoms with Crippen molar-refractivity contribution in [3.63, 3.8) is 0 Å². The average Bonchev–Trinajstić information content (AvgIpc) is 3.29. The predicted octanol–water partition coefficient (Wildman–Crippen LogP) is 3.63. The summed E-state index contributed by atoms with van der Waals surface area (Å²) >= 11 is 0. The fourth-order valence-corrected chi connectivity index (χ4v) is 3.22. The molecule has 1 N–H and O–H groups in total. The van der Waals surface area contributed by atoms with Crippen LogP contribution < -0.4 is 5.32 Å². The molecule has 0 bridgehead atoms. The van der Waals surface area contributed by atoms with Crippen molar-refractivity contribution in [2.45, 2.75) is 12.8 Å². The third-order valence-corrected chi connectivity index (χ3v) is 4.72. The Morgan fingerprint density at radius 2 is 1.61 bits per heavy atom. The lowest BCUT2D eigenvalue weighted by atomic mass is 10.1. The van der Waals surface area contributed by atoms with E-state index in [1.54, 1.807) is 18.3 Å². The minimum atomic E-state index is -0.318. The summed E-state index contributed by atoms with van der Waals surface area (Å²) in [6, 6.07) is 16.5. The second-order valence-electron chi connectivity index (χ2n) is 6.69. The van der Waals surface area contributed by atoms with Gasteiger partial charge in [-0.05, 0) is 37.1 Å². The Balaban J connectivity index is 1.51. The maximum atomic E-state index is 12.5. The number of hydrogen-bond donors (Lipinski definition) is 1. The molecule has 1 fully saturated rings. The van der Waals surface area contributed by atoms with Crippen molar-refractivity contribution in [2.75, 3.05) is 18.4 Å². The first-order chi connectivity index (χ1) is 13.7. The molecule has 1 saturated heterocycles. The van der Waals surface area contributed by atoms with Gasteiger partial charge in [-0.25, -0.2) is 4.98 Å². The van der Waals surface area contributed by atoms with Crippen LogP contribution in [0.3, 0.4) is 0 Å². The van der Waals surface area contributed by atoms with Crippen LogP contribution in [0, 0.1) is 0 Å². The first-order valence-corrected chi connectivity index (χ1v) is 9.29. The second-order valence-corrected chi connectivity index (χ2v) is 6.69. The van der Waals surface area contributed by atoms with Crippen molar-refractivity contribution >= 4 is 17.5 Å². The van der Waals surface area contributed by atoms with Crippen molar-refractivity contribution in [3.05, 3.63) is 78.2 Å². The van der Waals surface area contributed by atoms with Gasteiger partial charge in [0, 0.05) is 29.9 Å². The zero-order chi connectivity index (χ0) is 19.3. The van der Waals surface area contributed by atoms with Gasteiger partial charge in [0.2, 0.25) is 0 Å². The van der Waals surface area contributed by atoms with E-state index in [1.807, 2.05) is 47.4 Å². The van der Waals surface area contributed by atoms with Gasteiger partial charge in [-0.15, -0.1) is 0 Å². The number of carbonyl (C=O) groups is 2. The SMILES string of the molecule is O=C(Nc1ccccc1)c1cncc(-c2ccc(C(=O)N3CCCC3)cc2)n1. The van der Waals surface area contributed by atoms with Crippen LogP contribution in [-0.2, 0) is 0 Å². The Kier molecular flexibility index (Phi) is 5.10. The molecule has 0 saturated carbocycles. The van der Waals surface area contributed by atoms with Gasteiger partial charge >= 0.3 is 0 Å². The van der Waals surface area contributed by atoms with Crippen LogP contribution >= 0.6 is 0 Å². The highest BCUT2D eigenvalue weighted by Crippen LogP contribution is 2.19. The fourth-order valence-electron chi connectivity index (χ4n) is 3.22.